The first kappa shape index (κ1) is 11.4. The summed E-state index contributed by atoms with van der Waals surface area (Å²) < 4.78 is 0. The van der Waals surface area contributed by atoms with Gasteiger partial charge in [-0.2, -0.15) is 5.26 Å². The Morgan fingerprint density at radius 2 is 2.06 bits per heavy atom. The van der Waals surface area contributed by atoms with Gasteiger partial charge in [-0.1, -0.05) is 32.8 Å². The average molecular weight is 217 g/mol. The van der Waals surface area contributed by atoms with Crippen molar-refractivity contribution in [1.82, 2.24) is 0 Å². The van der Waals surface area contributed by atoms with Gasteiger partial charge in [-0.15, -0.1) is 0 Å². The van der Waals surface area contributed by atoms with Gasteiger partial charge in [0.25, 0.3) is 0 Å². The standard InChI is InChI=1S/C14H19NO/c1-13(2)5-4-6-14(3)10(9-15)7-11(16)8-12(13)14/h8,10H,4-7H2,1-3H3. The van der Waals surface area contributed by atoms with Crippen molar-refractivity contribution in [3.63, 3.8) is 0 Å². The largest absolute Gasteiger partial charge is 0.295 e. The smallest absolute Gasteiger partial charge is 0.157 e. The molecule has 0 amide bonds. The predicted octanol–water partition coefficient (Wildman–Crippen LogP) is 3.24. The van der Waals surface area contributed by atoms with Gasteiger partial charge in [0.2, 0.25) is 0 Å². The summed E-state index contributed by atoms with van der Waals surface area (Å²) in [4.78, 5) is 11.7. The van der Waals surface area contributed by atoms with Crippen molar-refractivity contribution < 1.29 is 4.79 Å². The molecule has 0 aromatic carbocycles. The van der Waals surface area contributed by atoms with Crippen LogP contribution in [0.5, 0.6) is 0 Å². The first-order valence-electron chi connectivity index (χ1n) is 6.05. The number of nitrogens with zero attached hydrogens (tertiary/aromatic N) is 1. The summed E-state index contributed by atoms with van der Waals surface area (Å²) in [6, 6.07) is 2.35. The second-order valence-corrected chi connectivity index (χ2v) is 6.07. The van der Waals surface area contributed by atoms with E-state index in [1.54, 1.807) is 0 Å². The summed E-state index contributed by atoms with van der Waals surface area (Å²) in [5.41, 5.74) is 1.23. The molecule has 1 fully saturated rings. The Morgan fingerprint density at radius 1 is 1.38 bits per heavy atom. The topological polar surface area (TPSA) is 40.9 Å². The minimum Gasteiger partial charge on any atom is -0.295 e. The summed E-state index contributed by atoms with van der Waals surface area (Å²) in [6.45, 7) is 6.56. The van der Waals surface area contributed by atoms with Crippen LogP contribution < -0.4 is 0 Å². The van der Waals surface area contributed by atoms with Crippen LogP contribution >= 0.6 is 0 Å². The fourth-order valence-corrected chi connectivity index (χ4v) is 3.50. The third-order valence-electron chi connectivity index (χ3n) is 4.48. The molecule has 2 rings (SSSR count). The molecule has 0 spiro atoms. The van der Waals surface area contributed by atoms with Crippen molar-refractivity contribution in [2.45, 2.75) is 46.5 Å². The minimum atomic E-state index is -0.125. The first-order valence-corrected chi connectivity index (χ1v) is 6.05. The molecule has 86 valence electrons. The molecule has 2 unspecified atom stereocenters. The average Bonchev–Trinajstić information content (AvgIpc) is 2.19. The zero-order valence-corrected chi connectivity index (χ0v) is 10.3. The van der Waals surface area contributed by atoms with Crippen molar-refractivity contribution in [3.05, 3.63) is 11.6 Å². The van der Waals surface area contributed by atoms with Gasteiger partial charge in [-0.3, -0.25) is 4.79 Å². The van der Waals surface area contributed by atoms with Crippen LogP contribution in [-0.2, 0) is 4.79 Å². The summed E-state index contributed by atoms with van der Waals surface area (Å²) in [5, 5.41) is 9.25. The molecule has 2 nitrogen and oxygen atoms in total. The Morgan fingerprint density at radius 3 is 2.69 bits per heavy atom. The highest BCUT2D eigenvalue weighted by Gasteiger charge is 2.49. The van der Waals surface area contributed by atoms with Crippen molar-refractivity contribution in [3.8, 4) is 6.07 Å². The van der Waals surface area contributed by atoms with Crippen LogP contribution in [0.4, 0.5) is 0 Å². The monoisotopic (exact) mass is 217 g/mol. The summed E-state index contributed by atoms with van der Waals surface area (Å²) >= 11 is 0. The van der Waals surface area contributed by atoms with E-state index in [1.807, 2.05) is 6.08 Å². The van der Waals surface area contributed by atoms with Gasteiger partial charge in [0.05, 0.1) is 12.0 Å². The van der Waals surface area contributed by atoms with Crippen molar-refractivity contribution in [1.29, 1.82) is 5.26 Å². The zero-order valence-electron chi connectivity index (χ0n) is 10.3. The van der Waals surface area contributed by atoms with Gasteiger partial charge in [-0.05, 0) is 24.3 Å². The normalized spacial score (nSPS) is 37.2. The maximum Gasteiger partial charge on any atom is 0.157 e. The van der Waals surface area contributed by atoms with Gasteiger partial charge in [0.1, 0.15) is 0 Å². The van der Waals surface area contributed by atoms with Crippen LogP contribution in [0.15, 0.2) is 11.6 Å². The molecule has 2 atom stereocenters. The van der Waals surface area contributed by atoms with Crippen LogP contribution in [0.3, 0.4) is 0 Å². The highest BCUT2D eigenvalue weighted by Crippen LogP contribution is 2.56. The summed E-state index contributed by atoms with van der Waals surface area (Å²) in [5.74, 6) is 0.00794. The molecule has 2 aliphatic carbocycles. The Balaban J connectivity index is 2.52. The summed E-state index contributed by atoms with van der Waals surface area (Å²) in [7, 11) is 0. The maximum atomic E-state index is 11.7. The minimum absolute atomic E-state index is 0.0651. The molecular weight excluding hydrogens is 198 g/mol. The molecule has 16 heavy (non-hydrogen) atoms. The molecule has 0 saturated heterocycles. The fourth-order valence-electron chi connectivity index (χ4n) is 3.50. The molecule has 0 aromatic rings. The Bertz CT molecular complexity index is 399. The number of fused-ring (bicyclic) bond motifs is 1. The molecule has 0 bridgehead atoms. The molecule has 0 aromatic heterocycles. The van der Waals surface area contributed by atoms with Gasteiger partial charge in [0.15, 0.2) is 5.78 Å². The molecule has 0 N–H and O–H groups in total. The molecule has 0 aliphatic heterocycles. The Hall–Kier alpha value is -1.10. The van der Waals surface area contributed by atoms with E-state index >= 15 is 0 Å². The third kappa shape index (κ3) is 1.50. The van der Waals surface area contributed by atoms with Gasteiger partial charge < -0.3 is 0 Å². The lowest BCUT2D eigenvalue weighted by atomic mass is 9.53. The van der Waals surface area contributed by atoms with Crippen LogP contribution in [-0.4, -0.2) is 5.78 Å². The molecule has 0 heterocycles. The molecule has 2 aliphatic rings. The fraction of sp³-hybridized carbons (Fsp3) is 0.714. The van der Waals surface area contributed by atoms with Crippen LogP contribution in [0.1, 0.15) is 46.5 Å². The number of ketones is 1. The van der Waals surface area contributed by atoms with E-state index in [-0.39, 0.29) is 22.5 Å². The van der Waals surface area contributed by atoms with Crippen molar-refractivity contribution in [2.75, 3.05) is 0 Å². The van der Waals surface area contributed by atoms with E-state index in [2.05, 4.69) is 26.8 Å². The molecule has 1 saturated carbocycles. The molecule has 2 heteroatoms. The lowest BCUT2D eigenvalue weighted by Crippen LogP contribution is -2.43. The van der Waals surface area contributed by atoms with Gasteiger partial charge >= 0.3 is 0 Å². The highest BCUT2D eigenvalue weighted by molar-refractivity contribution is 5.92. The number of allylic oxidation sites excluding steroid dienone is 2. The van der Waals surface area contributed by atoms with Gasteiger partial charge in [0, 0.05) is 11.8 Å². The Kier molecular flexibility index (Phi) is 2.45. The van der Waals surface area contributed by atoms with E-state index in [9.17, 15) is 10.1 Å². The number of nitriles is 1. The SMILES string of the molecule is CC1(C)CCCC2(C)C1=CC(=O)CC2C#N. The molecule has 0 radical (unpaired) electrons. The molecular formula is C14H19NO. The number of hydrogen-bond acceptors (Lipinski definition) is 2. The quantitative estimate of drug-likeness (QED) is 0.625. The van der Waals surface area contributed by atoms with E-state index in [0.717, 1.165) is 19.3 Å². The van der Waals surface area contributed by atoms with E-state index in [4.69, 9.17) is 0 Å². The number of rotatable bonds is 0. The lowest BCUT2D eigenvalue weighted by Gasteiger charge is -2.49. The number of carbonyl (C=O) groups is 1. The van der Waals surface area contributed by atoms with Crippen LogP contribution in [0.2, 0.25) is 0 Å². The predicted molar refractivity (Wildman–Crippen MR) is 62.5 cm³/mol. The lowest BCUT2D eigenvalue weighted by molar-refractivity contribution is -0.117. The summed E-state index contributed by atoms with van der Waals surface area (Å²) in [6.07, 6.45) is 5.57. The van der Waals surface area contributed by atoms with E-state index in [1.165, 1.54) is 5.57 Å². The Labute approximate surface area is 97.3 Å². The number of carbonyl (C=O) groups excluding carboxylic acids is 1. The zero-order chi connectivity index (χ0) is 12.0. The van der Waals surface area contributed by atoms with Crippen molar-refractivity contribution >= 4 is 5.78 Å². The first-order chi connectivity index (χ1) is 7.40. The van der Waals surface area contributed by atoms with E-state index in [0.29, 0.717) is 6.42 Å². The second kappa shape index (κ2) is 3.45. The van der Waals surface area contributed by atoms with Crippen molar-refractivity contribution in [2.24, 2.45) is 16.7 Å². The van der Waals surface area contributed by atoms with E-state index < -0.39 is 0 Å². The maximum absolute atomic E-state index is 11.7. The second-order valence-electron chi connectivity index (χ2n) is 6.07. The third-order valence-corrected chi connectivity index (χ3v) is 4.48. The van der Waals surface area contributed by atoms with Gasteiger partial charge in [-0.25, -0.2) is 0 Å². The number of hydrogen-bond donors (Lipinski definition) is 0. The van der Waals surface area contributed by atoms with Crippen LogP contribution in [0, 0.1) is 28.1 Å². The van der Waals surface area contributed by atoms with Crippen LogP contribution in [0.25, 0.3) is 0 Å². The highest BCUT2D eigenvalue weighted by atomic mass is 16.1.